The second-order valence-electron chi connectivity index (χ2n) is 2.93. The van der Waals surface area contributed by atoms with Gasteiger partial charge in [-0.1, -0.05) is 30.0 Å². The fourth-order valence-electron chi connectivity index (χ4n) is 1.13. The maximum absolute atomic E-state index is 4.03. The van der Waals surface area contributed by atoms with Crippen LogP contribution in [0.4, 0.5) is 0 Å². The van der Waals surface area contributed by atoms with Crippen LogP contribution < -0.4 is 0 Å². The third kappa shape index (κ3) is 2.12. The standard InChI is InChI=1S/C11H10N2S/c1-9-5-2-3-6-10(9)14-11-7-4-8-12-13-11/h2-8H,1H3. The van der Waals surface area contributed by atoms with Crippen LogP contribution in [-0.4, -0.2) is 10.2 Å². The van der Waals surface area contributed by atoms with E-state index in [1.807, 2.05) is 24.3 Å². The molecule has 0 aliphatic heterocycles. The third-order valence-corrected chi connectivity index (χ3v) is 2.96. The molecule has 0 aliphatic rings. The molecule has 0 amide bonds. The largest absolute Gasteiger partial charge is 0.158 e. The zero-order valence-electron chi connectivity index (χ0n) is 7.84. The second-order valence-corrected chi connectivity index (χ2v) is 3.99. The van der Waals surface area contributed by atoms with E-state index in [2.05, 4.69) is 29.3 Å². The Labute approximate surface area is 87.4 Å². The molecule has 0 saturated heterocycles. The lowest BCUT2D eigenvalue weighted by Gasteiger charge is -2.02. The Morgan fingerprint density at radius 2 is 1.93 bits per heavy atom. The number of hydrogen-bond donors (Lipinski definition) is 0. The summed E-state index contributed by atoms with van der Waals surface area (Å²) in [7, 11) is 0. The first kappa shape index (κ1) is 9.21. The first-order valence-corrected chi connectivity index (χ1v) is 5.19. The minimum atomic E-state index is 0.932. The fraction of sp³-hybridized carbons (Fsp3) is 0.0909. The van der Waals surface area contributed by atoms with Crippen molar-refractivity contribution in [3.05, 3.63) is 48.2 Å². The smallest absolute Gasteiger partial charge is 0.124 e. The Hall–Kier alpha value is -1.35. The minimum Gasteiger partial charge on any atom is -0.158 e. The number of aryl methyl sites for hydroxylation is 1. The highest BCUT2D eigenvalue weighted by Crippen LogP contribution is 2.27. The average Bonchev–Trinajstić information content (AvgIpc) is 2.23. The van der Waals surface area contributed by atoms with E-state index < -0.39 is 0 Å². The SMILES string of the molecule is Cc1ccccc1Sc1cccnn1. The van der Waals surface area contributed by atoms with Gasteiger partial charge in [-0.05, 0) is 30.7 Å². The van der Waals surface area contributed by atoms with Crippen molar-refractivity contribution < 1.29 is 0 Å². The van der Waals surface area contributed by atoms with E-state index in [1.54, 1.807) is 18.0 Å². The number of hydrogen-bond acceptors (Lipinski definition) is 3. The van der Waals surface area contributed by atoms with Gasteiger partial charge in [0.15, 0.2) is 0 Å². The lowest BCUT2D eigenvalue weighted by atomic mass is 10.2. The topological polar surface area (TPSA) is 25.8 Å². The summed E-state index contributed by atoms with van der Waals surface area (Å²) < 4.78 is 0. The predicted octanol–water partition coefficient (Wildman–Crippen LogP) is 2.94. The molecule has 0 unspecified atom stereocenters. The summed E-state index contributed by atoms with van der Waals surface area (Å²) in [6.45, 7) is 2.10. The van der Waals surface area contributed by atoms with E-state index in [0.717, 1.165) is 5.03 Å². The minimum absolute atomic E-state index is 0.932. The van der Waals surface area contributed by atoms with Gasteiger partial charge in [-0.2, -0.15) is 5.10 Å². The Kier molecular flexibility index (Phi) is 2.79. The highest BCUT2D eigenvalue weighted by atomic mass is 32.2. The number of benzene rings is 1. The number of rotatable bonds is 2. The zero-order valence-corrected chi connectivity index (χ0v) is 8.66. The van der Waals surface area contributed by atoms with Crippen LogP contribution in [0, 0.1) is 6.92 Å². The summed E-state index contributed by atoms with van der Waals surface area (Å²) in [5, 5.41) is 8.80. The van der Waals surface area contributed by atoms with Gasteiger partial charge in [0.25, 0.3) is 0 Å². The molecule has 14 heavy (non-hydrogen) atoms. The van der Waals surface area contributed by atoms with E-state index >= 15 is 0 Å². The number of nitrogens with zero attached hydrogens (tertiary/aromatic N) is 2. The zero-order chi connectivity index (χ0) is 9.80. The Balaban J connectivity index is 2.24. The molecule has 2 aromatic rings. The van der Waals surface area contributed by atoms with Crippen molar-refractivity contribution in [3.63, 3.8) is 0 Å². The summed E-state index contributed by atoms with van der Waals surface area (Å²) in [5.41, 5.74) is 1.27. The van der Waals surface area contributed by atoms with Crippen LogP contribution in [0.1, 0.15) is 5.56 Å². The van der Waals surface area contributed by atoms with Crippen LogP contribution in [0.5, 0.6) is 0 Å². The van der Waals surface area contributed by atoms with Crippen LogP contribution >= 0.6 is 11.8 Å². The van der Waals surface area contributed by atoms with Crippen molar-refractivity contribution in [2.75, 3.05) is 0 Å². The first-order valence-electron chi connectivity index (χ1n) is 4.37. The molecule has 0 atom stereocenters. The summed E-state index contributed by atoms with van der Waals surface area (Å²) >= 11 is 1.64. The first-order chi connectivity index (χ1) is 6.86. The van der Waals surface area contributed by atoms with E-state index in [9.17, 15) is 0 Å². The van der Waals surface area contributed by atoms with Gasteiger partial charge in [-0.25, -0.2) is 0 Å². The third-order valence-electron chi connectivity index (χ3n) is 1.86. The predicted molar refractivity (Wildman–Crippen MR) is 57.3 cm³/mol. The molecule has 1 aromatic heterocycles. The van der Waals surface area contributed by atoms with Crippen LogP contribution in [0.25, 0.3) is 0 Å². The summed E-state index contributed by atoms with van der Waals surface area (Å²) in [4.78, 5) is 1.23. The molecule has 2 rings (SSSR count). The van der Waals surface area contributed by atoms with Crippen molar-refractivity contribution in [1.29, 1.82) is 0 Å². The highest BCUT2D eigenvalue weighted by molar-refractivity contribution is 7.99. The van der Waals surface area contributed by atoms with Crippen LogP contribution in [0.15, 0.2) is 52.5 Å². The van der Waals surface area contributed by atoms with E-state index in [-0.39, 0.29) is 0 Å². The molecule has 2 nitrogen and oxygen atoms in total. The molecule has 1 aromatic carbocycles. The van der Waals surface area contributed by atoms with Crippen LogP contribution in [-0.2, 0) is 0 Å². The van der Waals surface area contributed by atoms with E-state index in [4.69, 9.17) is 0 Å². The molecule has 0 spiro atoms. The highest BCUT2D eigenvalue weighted by Gasteiger charge is 2.00. The Morgan fingerprint density at radius 3 is 2.64 bits per heavy atom. The van der Waals surface area contributed by atoms with Crippen molar-refractivity contribution >= 4 is 11.8 Å². The second kappa shape index (κ2) is 4.24. The van der Waals surface area contributed by atoms with E-state index in [0.29, 0.717) is 0 Å². The molecule has 3 heteroatoms. The Morgan fingerprint density at radius 1 is 1.07 bits per heavy atom. The van der Waals surface area contributed by atoms with Crippen molar-refractivity contribution in [2.24, 2.45) is 0 Å². The normalized spacial score (nSPS) is 10.1. The fourth-order valence-corrected chi connectivity index (χ4v) is 1.96. The molecule has 0 N–H and O–H groups in total. The van der Waals surface area contributed by atoms with Gasteiger partial charge in [-0.15, -0.1) is 5.10 Å². The average molecular weight is 202 g/mol. The Bertz CT molecular complexity index is 415. The molecular formula is C11H10N2S. The maximum atomic E-state index is 4.03. The molecule has 0 saturated carbocycles. The molecular weight excluding hydrogens is 192 g/mol. The molecule has 1 heterocycles. The summed E-state index contributed by atoms with van der Waals surface area (Å²) in [6.07, 6.45) is 1.68. The molecule has 0 radical (unpaired) electrons. The summed E-state index contributed by atoms with van der Waals surface area (Å²) in [6, 6.07) is 12.1. The van der Waals surface area contributed by atoms with Gasteiger partial charge in [0.1, 0.15) is 5.03 Å². The van der Waals surface area contributed by atoms with Crippen LogP contribution in [0.3, 0.4) is 0 Å². The quantitative estimate of drug-likeness (QED) is 0.748. The maximum Gasteiger partial charge on any atom is 0.124 e. The van der Waals surface area contributed by atoms with E-state index in [1.165, 1.54) is 10.5 Å². The van der Waals surface area contributed by atoms with Crippen molar-refractivity contribution in [2.45, 2.75) is 16.8 Å². The molecule has 0 fully saturated rings. The molecule has 0 aliphatic carbocycles. The van der Waals surface area contributed by atoms with Gasteiger partial charge in [-0.3, -0.25) is 0 Å². The molecule has 70 valence electrons. The van der Waals surface area contributed by atoms with Gasteiger partial charge in [0, 0.05) is 11.1 Å². The van der Waals surface area contributed by atoms with Crippen molar-refractivity contribution in [1.82, 2.24) is 10.2 Å². The lowest BCUT2D eigenvalue weighted by Crippen LogP contribution is -1.83. The lowest BCUT2D eigenvalue weighted by molar-refractivity contribution is 0.929. The van der Waals surface area contributed by atoms with Crippen LogP contribution in [0.2, 0.25) is 0 Å². The number of aromatic nitrogens is 2. The monoisotopic (exact) mass is 202 g/mol. The summed E-state index contributed by atoms with van der Waals surface area (Å²) in [5.74, 6) is 0. The van der Waals surface area contributed by atoms with Gasteiger partial charge >= 0.3 is 0 Å². The van der Waals surface area contributed by atoms with Gasteiger partial charge in [0.05, 0.1) is 0 Å². The van der Waals surface area contributed by atoms with Gasteiger partial charge in [0.2, 0.25) is 0 Å². The van der Waals surface area contributed by atoms with Gasteiger partial charge < -0.3 is 0 Å². The molecule has 0 bridgehead atoms. The van der Waals surface area contributed by atoms with Crippen molar-refractivity contribution in [3.8, 4) is 0 Å².